The molecule has 0 radical (unpaired) electrons. The molecular weight excluding hydrogens is 286 g/mol. The molecule has 0 spiro atoms. The van der Waals surface area contributed by atoms with Crippen molar-refractivity contribution in [3.05, 3.63) is 45.9 Å². The Morgan fingerprint density at radius 2 is 2.24 bits per heavy atom. The first-order valence-electron chi connectivity index (χ1n) is 6.77. The fourth-order valence-corrected chi connectivity index (χ4v) is 2.75. The van der Waals surface area contributed by atoms with E-state index in [1.807, 2.05) is 31.2 Å². The van der Waals surface area contributed by atoms with E-state index in [1.54, 1.807) is 12.5 Å². The third kappa shape index (κ3) is 3.59. The molecule has 1 unspecified atom stereocenters. The molecule has 0 fully saturated rings. The Kier molecular flexibility index (Phi) is 5.30. The predicted octanol–water partition coefficient (Wildman–Crippen LogP) is 2.49. The zero-order valence-corrected chi connectivity index (χ0v) is 12.9. The molecule has 0 aliphatic heterocycles. The van der Waals surface area contributed by atoms with Crippen LogP contribution in [0.25, 0.3) is 0 Å². The highest BCUT2D eigenvalue weighted by atomic mass is 32.1. The van der Waals surface area contributed by atoms with Crippen molar-refractivity contribution in [1.82, 2.24) is 10.3 Å². The van der Waals surface area contributed by atoms with E-state index in [9.17, 15) is 4.79 Å². The second kappa shape index (κ2) is 7.19. The third-order valence-electron chi connectivity index (χ3n) is 3.19. The van der Waals surface area contributed by atoms with E-state index < -0.39 is 0 Å². The summed E-state index contributed by atoms with van der Waals surface area (Å²) in [4.78, 5) is 16.5. The summed E-state index contributed by atoms with van der Waals surface area (Å²) in [5.74, 6) is 0.578. The van der Waals surface area contributed by atoms with E-state index >= 15 is 0 Å². The summed E-state index contributed by atoms with van der Waals surface area (Å²) in [6.07, 6.45) is 0.764. The van der Waals surface area contributed by atoms with Crippen LogP contribution in [0.3, 0.4) is 0 Å². The van der Waals surface area contributed by atoms with Gasteiger partial charge in [-0.1, -0.05) is 25.1 Å². The molecule has 2 rings (SSSR count). The van der Waals surface area contributed by atoms with Crippen molar-refractivity contribution in [2.45, 2.75) is 25.9 Å². The first-order chi connectivity index (χ1) is 10.2. The van der Waals surface area contributed by atoms with E-state index in [4.69, 9.17) is 10.5 Å². The minimum atomic E-state index is -0.191. The maximum absolute atomic E-state index is 12.3. The van der Waals surface area contributed by atoms with E-state index in [0.29, 0.717) is 12.2 Å². The maximum atomic E-state index is 12.3. The monoisotopic (exact) mass is 305 g/mol. The van der Waals surface area contributed by atoms with Crippen LogP contribution in [-0.2, 0) is 6.54 Å². The van der Waals surface area contributed by atoms with Crippen molar-refractivity contribution in [3.8, 4) is 5.75 Å². The summed E-state index contributed by atoms with van der Waals surface area (Å²) in [5.41, 5.74) is 6.89. The lowest BCUT2D eigenvalue weighted by Gasteiger charge is -2.19. The Hall–Kier alpha value is -1.92. The Labute approximate surface area is 128 Å². The molecular formula is C15H19N3O2S. The highest BCUT2D eigenvalue weighted by Gasteiger charge is 2.18. The average molecular weight is 305 g/mol. The minimum absolute atomic E-state index is 0.114. The number of para-hydroxylation sites is 1. The third-order valence-corrected chi connectivity index (χ3v) is 4.06. The molecule has 1 aromatic carbocycles. The number of ether oxygens (including phenoxy) is 1. The van der Waals surface area contributed by atoms with Crippen LogP contribution < -0.4 is 15.8 Å². The van der Waals surface area contributed by atoms with Crippen LogP contribution in [0.15, 0.2) is 29.6 Å². The Morgan fingerprint density at radius 3 is 2.86 bits per heavy atom. The lowest BCUT2D eigenvalue weighted by Crippen LogP contribution is -2.28. The van der Waals surface area contributed by atoms with Gasteiger partial charge in [0, 0.05) is 17.5 Å². The van der Waals surface area contributed by atoms with Crippen LogP contribution in [0.5, 0.6) is 5.75 Å². The highest BCUT2D eigenvalue weighted by Crippen LogP contribution is 2.27. The molecule has 3 N–H and O–H groups in total. The van der Waals surface area contributed by atoms with Crippen molar-refractivity contribution in [1.29, 1.82) is 0 Å². The summed E-state index contributed by atoms with van der Waals surface area (Å²) in [5, 5.41) is 5.48. The standard InChI is InChI=1S/C15H19N3O2S/c1-3-11(10-6-4-5-7-13(10)20-2)18-15(19)12-9-21-14(8-16)17-12/h4-7,9,11H,3,8,16H2,1-2H3,(H,18,19). The molecule has 0 saturated carbocycles. The Bertz CT molecular complexity index is 612. The SMILES string of the molecule is CCC(NC(=O)c1csc(CN)n1)c1ccccc1OC. The maximum Gasteiger partial charge on any atom is 0.271 e. The van der Waals surface area contributed by atoms with Crippen molar-refractivity contribution >= 4 is 17.2 Å². The fourth-order valence-electron chi connectivity index (χ4n) is 2.10. The number of carbonyl (C=O) groups excluding carboxylic acids is 1. The van der Waals surface area contributed by atoms with Gasteiger partial charge in [-0.05, 0) is 12.5 Å². The molecule has 1 aromatic heterocycles. The molecule has 1 amide bonds. The van der Waals surface area contributed by atoms with E-state index in [2.05, 4.69) is 10.3 Å². The number of hydrogen-bond donors (Lipinski definition) is 2. The van der Waals surface area contributed by atoms with Gasteiger partial charge in [0.05, 0.1) is 13.2 Å². The highest BCUT2D eigenvalue weighted by molar-refractivity contribution is 7.09. The van der Waals surface area contributed by atoms with Crippen LogP contribution in [0.1, 0.15) is 40.4 Å². The van der Waals surface area contributed by atoms with Gasteiger partial charge in [-0.2, -0.15) is 0 Å². The molecule has 1 heterocycles. The minimum Gasteiger partial charge on any atom is -0.496 e. The number of hydrogen-bond acceptors (Lipinski definition) is 5. The van der Waals surface area contributed by atoms with Gasteiger partial charge in [-0.25, -0.2) is 4.98 Å². The van der Waals surface area contributed by atoms with Gasteiger partial charge in [-0.15, -0.1) is 11.3 Å². The number of carbonyl (C=O) groups is 1. The van der Waals surface area contributed by atoms with E-state index in [1.165, 1.54) is 11.3 Å². The molecule has 0 aliphatic rings. The number of nitrogens with one attached hydrogen (secondary N) is 1. The number of nitrogens with zero attached hydrogens (tertiary/aromatic N) is 1. The summed E-state index contributed by atoms with van der Waals surface area (Å²) >= 11 is 1.39. The Morgan fingerprint density at radius 1 is 1.48 bits per heavy atom. The fraction of sp³-hybridized carbons (Fsp3) is 0.333. The van der Waals surface area contributed by atoms with Gasteiger partial charge < -0.3 is 15.8 Å². The largest absolute Gasteiger partial charge is 0.496 e. The molecule has 0 aliphatic carbocycles. The molecule has 0 bridgehead atoms. The van der Waals surface area contributed by atoms with Gasteiger partial charge in [0.15, 0.2) is 0 Å². The summed E-state index contributed by atoms with van der Waals surface area (Å²) in [7, 11) is 1.63. The lowest BCUT2D eigenvalue weighted by atomic mass is 10.0. The van der Waals surface area contributed by atoms with Gasteiger partial charge in [0.1, 0.15) is 16.5 Å². The predicted molar refractivity (Wildman–Crippen MR) is 83.5 cm³/mol. The lowest BCUT2D eigenvalue weighted by molar-refractivity contribution is 0.0930. The van der Waals surface area contributed by atoms with Gasteiger partial charge >= 0.3 is 0 Å². The molecule has 5 nitrogen and oxygen atoms in total. The second-order valence-corrected chi connectivity index (χ2v) is 5.45. The summed E-state index contributed by atoms with van der Waals surface area (Å²) in [6.45, 7) is 2.37. The second-order valence-electron chi connectivity index (χ2n) is 4.51. The van der Waals surface area contributed by atoms with E-state index in [-0.39, 0.29) is 11.9 Å². The van der Waals surface area contributed by atoms with Gasteiger partial charge in [-0.3, -0.25) is 4.79 Å². The topological polar surface area (TPSA) is 77.2 Å². The number of benzene rings is 1. The Balaban J connectivity index is 2.16. The van der Waals surface area contributed by atoms with Crippen molar-refractivity contribution in [3.63, 3.8) is 0 Å². The average Bonchev–Trinajstić information content (AvgIpc) is 3.01. The first kappa shape index (κ1) is 15.5. The van der Waals surface area contributed by atoms with Crippen LogP contribution in [0, 0.1) is 0 Å². The van der Waals surface area contributed by atoms with Gasteiger partial charge in [0.2, 0.25) is 0 Å². The van der Waals surface area contributed by atoms with Gasteiger partial charge in [0.25, 0.3) is 5.91 Å². The number of thiazole rings is 1. The number of aromatic nitrogens is 1. The van der Waals surface area contributed by atoms with Crippen LogP contribution in [0.4, 0.5) is 0 Å². The number of amides is 1. The molecule has 21 heavy (non-hydrogen) atoms. The smallest absolute Gasteiger partial charge is 0.271 e. The number of rotatable bonds is 6. The van der Waals surface area contributed by atoms with Crippen LogP contribution in [-0.4, -0.2) is 18.0 Å². The molecule has 0 saturated heterocycles. The van der Waals surface area contributed by atoms with E-state index in [0.717, 1.165) is 22.7 Å². The summed E-state index contributed by atoms with van der Waals surface area (Å²) < 4.78 is 5.36. The summed E-state index contributed by atoms with van der Waals surface area (Å²) in [6, 6.07) is 7.57. The zero-order chi connectivity index (χ0) is 15.2. The molecule has 112 valence electrons. The normalized spacial score (nSPS) is 12.0. The van der Waals surface area contributed by atoms with Crippen molar-refractivity contribution in [2.24, 2.45) is 5.73 Å². The van der Waals surface area contributed by atoms with Crippen LogP contribution in [0.2, 0.25) is 0 Å². The van der Waals surface area contributed by atoms with Crippen molar-refractivity contribution < 1.29 is 9.53 Å². The molecule has 1 atom stereocenters. The molecule has 2 aromatic rings. The van der Waals surface area contributed by atoms with Crippen LogP contribution >= 0.6 is 11.3 Å². The zero-order valence-electron chi connectivity index (χ0n) is 12.1. The number of methoxy groups -OCH3 is 1. The quantitative estimate of drug-likeness (QED) is 0.859. The molecule has 6 heteroatoms. The first-order valence-corrected chi connectivity index (χ1v) is 7.65. The van der Waals surface area contributed by atoms with Crippen molar-refractivity contribution in [2.75, 3.05) is 7.11 Å². The number of nitrogens with two attached hydrogens (primary N) is 1.